The predicted octanol–water partition coefficient (Wildman–Crippen LogP) is 9.81. The Morgan fingerprint density at radius 1 is 1.11 bits per heavy atom. The van der Waals surface area contributed by atoms with E-state index < -0.39 is 26.3 Å². The first-order valence-corrected chi connectivity index (χ1v) is 22.1. The number of rotatable bonds is 10. The number of hydrogen-bond acceptors (Lipinski definition) is 3. The molecule has 0 bridgehead atoms. The van der Waals surface area contributed by atoms with Gasteiger partial charge in [-0.2, -0.15) is 0 Å². The highest BCUT2D eigenvalue weighted by Crippen LogP contribution is 2.56. The summed E-state index contributed by atoms with van der Waals surface area (Å²) in [6, 6.07) is 3.69. The minimum Gasteiger partial charge on any atom is -0.414 e. The summed E-state index contributed by atoms with van der Waals surface area (Å²) in [7, 11) is -5.96. The Bertz CT molecular complexity index is 893. The van der Waals surface area contributed by atoms with Crippen LogP contribution in [0.1, 0.15) is 108 Å². The molecule has 0 aromatic heterocycles. The molecule has 3 nitrogen and oxygen atoms in total. The third-order valence-corrected chi connectivity index (χ3v) is 24.6. The summed E-state index contributed by atoms with van der Waals surface area (Å²) < 4.78 is 26.6. The van der Waals surface area contributed by atoms with Crippen LogP contribution in [-0.4, -0.2) is 37.4 Å². The second-order valence-electron chi connectivity index (χ2n) is 14.8. The summed E-state index contributed by atoms with van der Waals surface area (Å²) in [6.45, 7) is 29.8. The van der Waals surface area contributed by atoms with Crippen molar-refractivity contribution in [3.63, 3.8) is 0 Å². The van der Waals surface area contributed by atoms with Crippen LogP contribution in [0.2, 0.25) is 36.3 Å². The fraction of sp³-hybridized carbons (Fsp3) is 0.933. The lowest BCUT2D eigenvalue weighted by Gasteiger charge is -2.48. The van der Waals surface area contributed by atoms with E-state index in [1.54, 1.807) is 5.57 Å². The minimum absolute atomic E-state index is 0.103. The van der Waals surface area contributed by atoms with Crippen molar-refractivity contribution in [1.82, 2.24) is 0 Å². The largest absolute Gasteiger partial charge is 0.414 e. The summed E-state index contributed by atoms with van der Waals surface area (Å²) in [5.41, 5.74) is 1.86. The molecule has 6 heteroatoms. The van der Waals surface area contributed by atoms with Crippen molar-refractivity contribution in [2.24, 2.45) is 21.3 Å². The lowest BCUT2D eigenvalue weighted by molar-refractivity contribution is 0.0176. The van der Waals surface area contributed by atoms with E-state index >= 15 is 0 Å². The maximum Gasteiger partial charge on any atom is 0.192 e. The van der Waals surface area contributed by atoms with Crippen LogP contribution in [0.4, 0.5) is 0 Å². The van der Waals surface area contributed by atoms with Gasteiger partial charge < -0.3 is 4.43 Å². The van der Waals surface area contributed by atoms with Crippen LogP contribution < -0.4 is 0 Å². The van der Waals surface area contributed by atoms with Crippen LogP contribution in [-0.2, 0) is 14.2 Å². The lowest BCUT2D eigenvalue weighted by Crippen LogP contribution is -2.48. The third-order valence-electron chi connectivity index (χ3n) is 10.6. The Labute approximate surface area is 228 Å². The van der Waals surface area contributed by atoms with Crippen molar-refractivity contribution in [3.8, 4) is 0 Å². The number of hydrogen-bond donors (Lipinski definition) is 0. The van der Waals surface area contributed by atoms with Crippen molar-refractivity contribution < 1.29 is 8.63 Å². The number of allylic oxidation sites excluding steroid dienone is 2. The van der Waals surface area contributed by atoms with E-state index in [9.17, 15) is 4.21 Å². The Kier molecular flexibility index (Phi) is 10.1. The van der Waals surface area contributed by atoms with E-state index in [1.165, 1.54) is 37.4 Å². The quantitative estimate of drug-likeness (QED) is 0.199. The summed E-state index contributed by atoms with van der Waals surface area (Å²) in [6.07, 6.45) is 8.88. The molecular weight excluding hydrogens is 495 g/mol. The molecule has 0 N–H and O–H groups in total. The fourth-order valence-electron chi connectivity index (χ4n) is 6.44. The Balaban J connectivity index is 2.26. The second kappa shape index (κ2) is 11.3. The van der Waals surface area contributed by atoms with Gasteiger partial charge in [0.15, 0.2) is 16.6 Å². The molecule has 212 valence electrons. The van der Waals surface area contributed by atoms with E-state index in [0.717, 1.165) is 12.8 Å². The van der Waals surface area contributed by atoms with Gasteiger partial charge in [0.05, 0.1) is 0 Å². The van der Waals surface area contributed by atoms with Gasteiger partial charge in [0.2, 0.25) is 0 Å². The van der Waals surface area contributed by atoms with Crippen LogP contribution in [0.5, 0.6) is 0 Å². The monoisotopic (exact) mass is 555 g/mol. The molecule has 0 spiro atoms. The van der Waals surface area contributed by atoms with Crippen LogP contribution in [0, 0.1) is 17.3 Å². The van der Waals surface area contributed by atoms with Gasteiger partial charge in [-0.3, -0.25) is 8.24 Å². The van der Waals surface area contributed by atoms with Gasteiger partial charge >= 0.3 is 0 Å². The Morgan fingerprint density at radius 2 is 1.67 bits per heavy atom. The highest BCUT2D eigenvalue weighted by molar-refractivity contribution is 7.95. The van der Waals surface area contributed by atoms with Crippen molar-refractivity contribution >= 4 is 26.3 Å². The topological polar surface area (TPSA) is 38.7 Å². The molecule has 0 aromatic rings. The first kappa shape index (κ1) is 32.3. The Hall–Kier alpha value is 0.0838. The molecule has 0 aliphatic heterocycles. The lowest BCUT2D eigenvalue weighted by atomic mass is 9.63. The zero-order chi connectivity index (χ0) is 27.8. The fourth-order valence-corrected chi connectivity index (χ4v) is 16.2. The van der Waals surface area contributed by atoms with Gasteiger partial charge in [0.25, 0.3) is 0 Å². The first-order valence-electron chi connectivity index (χ1n) is 15.0. The van der Waals surface area contributed by atoms with Crippen molar-refractivity contribution in [2.75, 3.05) is 5.75 Å². The normalized spacial score (nSPS) is 28.3. The molecule has 0 amide bonds. The van der Waals surface area contributed by atoms with Crippen LogP contribution in [0.25, 0.3) is 0 Å². The highest BCUT2D eigenvalue weighted by atomic mass is 32.2. The molecule has 36 heavy (non-hydrogen) atoms. The average Bonchev–Trinajstić information content (AvgIpc) is 3.12. The summed E-state index contributed by atoms with van der Waals surface area (Å²) in [4.78, 5) is 0. The molecule has 0 saturated heterocycles. The standard InChI is InChI=1S/C30H61NO2SSi2/c1-14-36(15-2,16-3)33-27-18-17-22-30(11)25(19-20-26(27)30)24(4)21-23-34(32,28(5,6)7)31-35(12,13)29(8,9)10/h19,24,26-27H,14-18,20-23H2,1-13H3/t24-,26+,27+,30-,34?/m1/s1. The van der Waals surface area contributed by atoms with Gasteiger partial charge in [-0.1, -0.05) is 73.5 Å². The molecule has 2 rings (SSSR count). The zero-order valence-electron chi connectivity index (χ0n) is 26.3. The van der Waals surface area contributed by atoms with Crippen LogP contribution >= 0.6 is 0 Å². The molecule has 0 aromatic carbocycles. The molecule has 1 fully saturated rings. The maximum absolute atomic E-state index is 14.5. The molecule has 2 aliphatic rings. The maximum atomic E-state index is 14.5. The number of fused-ring (bicyclic) bond motifs is 1. The van der Waals surface area contributed by atoms with E-state index in [2.05, 4.69) is 95.3 Å². The van der Waals surface area contributed by atoms with Crippen molar-refractivity contribution in [1.29, 1.82) is 0 Å². The van der Waals surface area contributed by atoms with E-state index in [-0.39, 0.29) is 15.2 Å². The SMILES string of the molecule is CC[Si](CC)(CC)O[C@H]1CCC[C@]2(C)C([C@H](C)CCS(=O)(=N[Si](C)(C)C(C)(C)C)C(C)(C)C)=CC[C@@H]12. The molecule has 0 heterocycles. The van der Waals surface area contributed by atoms with Crippen molar-refractivity contribution in [3.05, 3.63) is 11.6 Å². The molecule has 1 saturated carbocycles. The van der Waals surface area contributed by atoms with Gasteiger partial charge in [0.1, 0.15) is 0 Å². The van der Waals surface area contributed by atoms with Crippen LogP contribution in [0.3, 0.4) is 0 Å². The average molecular weight is 556 g/mol. The zero-order valence-corrected chi connectivity index (χ0v) is 29.2. The minimum atomic E-state index is -2.32. The summed E-state index contributed by atoms with van der Waals surface area (Å²) >= 11 is 0. The second-order valence-corrected chi connectivity index (χ2v) is 27.7. The third kappa shape index (κ3) is 6.44. The molecule has 0 radical (unpaired) electrons. The summed E-state index contributed by atoms with van der Waals surface area (Å²) in [5.74, 6) is 1.77. The predicted molar refractivity (Wildman–Crippen MR) is 166 cm³/mol. The van der Waals surface area contributed by atoms with Crippen LogP contribution in [0.15, 0.2) is 15.7 Å². The van der Waals surface area contributed by atoms with Gasteiger partial charge in [-0.25, -0.2) is 0 Å². The van der Waals surface area contributed by atoms with Gasteiger partial charge in [0, 0.05) is 26.3 Å². The van der Waals surface area contributed by atoms with Gasteiger partial charge in [-0.15, -0.1) is 0 Å². The Morgan fingerprint density at radius 3 is 2.14 bits per heavy atom. The molecule has 2 aliphatic carbocycles. The number of nitrogens with zero attached hydrogens (tertiary/aromatic N) is 1. The van der Waals surface area contributed by atoms with Gasteiger partial charge in [-0.05, 0) is 100.0 Å². The van der Waals surface area contributed by atoms with E-state index in [1.807, 2.05) is 0 Å². The molecular formula is C30H61NO2SSi2. The first-order chi connectivity index (χ1) is 16.3. The molecule has 1 unspecified atom stereocenters. The van der Waals surface area contributed by atoms with E-state index in [0.29, 0.717) is 23.7 Å². The molecule has 5 atom stereocenters. The summed E-state index contributed by atoms with van der Waals surface area (Å²) in [5, 5.41) is 0.103. The highest BCUT2D eigenvalue weighted by Gasteiger charge is 2.50. The van der Waals surface area contributed by atoms with E-state index in [4.69, 9.17) is 8.45 Å². The van der Waals surface area contributed by atoms with Crippen molar-refractivity contribution in [2.45, 2.75) is 155 Å². The smallest absolute Gasteiger partial charge is 0.192 e.